The highest BCUT2D eigenvalue weighted by molar-refractivity contribution is 7.80. The second-order valence-electron chi connectivity index (χ2n) is 2.20. The zero-order valence-corrected chi connectivity index (χ0v) is 7.30. The summed E-state index contributed by atoms with van der Waals surface area (Å²) in [5, 5.41) is 2.55. The van der Waals surface area contributed by atoms with Crippen molar-refractivity contribution < 1.29 is 0 Å². The summed E-state index contributed by atoms with van der Waals surface area (Å²) in [5.41, 5.74) is 1.34. The molecule has 0 nitrogen and oxygen atoms in total. The maximum absolute atomic E-state index is 4.31. The van der Waals surface area contributed by atoms with E-state index in [1.54, 1.807) is 11.3 Å². The van der Waals surface area contributed by atoms with Crippen LogP contribution in [0.2, 0.25) is 0 Å². The molecule has 1 atom stereocenters. The monoisotopic (exact) mass is 158 g/mol. The van der Waals surface area contributed by atoms with Crippen LogP contribution >= 0.6 is 24.0 Å². The molecule has 0 aliphatic carbocycles. The van der Waals surface area contributed by atoms with Crippen LogP contribution in [0.15, 0.2) is 11.4 Å². The summed E-state index contributed by atoms with van der Waals surface area (Å²) >= 11 is 6.09. The number of thiophene rings is 1. The minimum atomic E-state index is 0.392. The van der Waals surface area contributed by atoms with Gasteiger partial charge in [0.1, 0.15) is 0 Å². The molecule has 0 N–H and O–H groups in total. The fourth-order valence-electron chi connectivity index (χ4n) is 0.672. The van der Waals surface area contributed by atoms with Gasteiger partial charge < -0.3 is 0 Å². The van der Waals surface area contributed by atoms with Crippen LogP contribution in [0.25, 0.3) is 0 Å². The second-order valence-corrected chi connectivity index (χ2v) is 3.92. The molecule has 0 saturated heterocycles. The Morgan fingerprint density at radius 2 is 2.33 bits per heavy atom. The van der Waals surface area contributed by atoms with E-state index in [4.69, 9.17) is 0 Å². The summed E-state index contributed by atoms with van der Waals surface area (Å²) in [6, 6.07) is 2.18. The van der Waals surface area contributed by atoms with Crippen molar-refractivity contribution in [3.8, 4) is 0 Å². The van der Waals surface area contributed by atoms with Crippen LogP contribution in [0.5, 0.6) is 0 Å². The quantitative estimate of drug-likeness (QED) is 0.597. The Bertz CT molecular complexity index is 189. The topological polar surface area (TPSA) is 0 Å². The molecule has 0 fully saturated rings. The molecule has 0 aliphatic heterocycles. The first-order valence-electron chi connectivity index (χ1n) is 2.93. The fraction of sp³-hybridized carbons (Fsp3) is 0.429. The number of hydrogen-bond acceptors (Lipinski definition) is 2. The van der Waals surface area contributed by atoms with Gasteiger partial charge in [-0.25, -0.2) is 0 Å². The molecule has 50 valence electrons. The van der Waals surface area contributed by atoms with Crippen LogP contribution in [0.4, 0.5) is 0 Å². The molecule has 1 rings (SSSR count). The third-order valence-corrected chi connectivity index (χ3v) is 2.85. The van der Waals surface area contributed by atoms with Crippen molar-refractivity contribution in [2.24, 2.45) is 0 Å². The normalized spacial score (nSPS) is 13.7. The van der Waals surface area contributed by atoms with Gasteiger partial charge in [0.05, 0.1) is 0 Å². The smallest absolute Gasteiger partial charge is 0.0332 e. The van der Waals surface area contributed by atoms with Gasteiger partial charge in [-0.2, -0.15) is 12.6 Å². The van der Waals surface area contributed by atoms with Gasteiger partial charge in [0.25, 0.3) is 0 Å². The Hall–Kier alpha value is 0.0500. The zero-order valence-electron chi connectivity index (χ0n) is 5.59. The van der Waals surface area contributed by atoms with Gasteiger partial charge in [-0.05, 0) is 30.9 Å². The van der Waals surface area contributed by atoms with E-state index in [1.807, 2.05) is 0 Å². The molecule has 0 saturated carbocycles. The lowest BCUT2D eigenvalue weighted by Gasteiger charge is -1.95. The number of aryl methyl sites for hydroxylation is 1. The predicted octanol–water partition coefficient (Wildman–Crippen LogP) is 3.05. The molecule has 0 aromatic carbocycles. The fourth-order valence-corrected chi connectivity index (χ4v) is 1.77. The Morgan fingerprint density at radius 1 is 1.67 bits per heavy atom. The van der Waals surface area contributed by atoms with Gasteiger partial charge in [0.15, 0.2) is 0 Å². The molecule has 1 heterocycles. The van der Waals surface area contributed by atoms with Crippen molar-refractivity contribution in [3.05, 3.63) is 21.9 Å². The average Bonchev–Trinajstić information content (AvgIpc) is 2.14. The summed E-state index contributed by atoms with van der Waals surface area (Å²) in [6.07, 6.45) is 0. The number of thiol groups is 1. The van der Waals surface area contributed by atoms with Crippen LogP contribution < -0.4 is 0 Å². The molecule has 0 amide bonds. The second kappa shape index (κ2) is 2.76. The van der Waals surface area contributed by atoms with E-state index in [9.17, 15) is 0 Å². The Kier molecular flexibility index (Phi) is 2.19. The molecule has 0 bridgehead atoms. The molecular formula is C7H10S2. The SMILES string of the molecule is Cc1csc(C(C)S)c1. The van der Waals surface area contributed by atoms with Gasteiger partial charge in [-0.3, -0.25) is 0 Å². The third kappa shape index (κ3) is 1.73. The zero-order chi connectivity index (χ0) is 6.85. The summed E-state index contributed by atoms with van der Waals surface area (Å²) in [7, 11) is 0. The molecule has 1 aromatic rings. The molecule has 1 unspecified atom stereocenters. The van der Waals surface area contributed by atoms with E-state index >= 15 is 0 Å². The Labute approximate surface area is 65.3 Å². The van der Waals surface area contributed by atoms with Gasteiger partial charge in [0.2, 0.25) is 0 Å². The molecule has 9 heavy (non-hydrogen) atoms. The molecular weight excluding hydrogens is 148 g/mol. The highest BCUT2D eigenvalue weighted by Gasteiger charge is 2.00. The average molecular weight is 158 g/mol. The molecule has 0 spiro atoms. The van der Waals surface area contributed by atoms with E-state index in [0.29, 0.717) is 5.25 Å². The highest BCUT2D eigenvalue weighted by atomic mass is 32.1. The summed E-state index contributed by atoms with van der Waals surface area (Å²) in [4.78, 5) is 1.36. The minimum absolute atomic E-state index is 0.392. The van der Waals surface area contributed by atoms with E-state index in [2.05, 4.69) is 37.9 Å². The van der Waals surface area contributed by atoms with Crippen LogP contribution in [0.1, 0.15) is 22.6 Å². The summed E-state index contributed by atoms with van der Waals surface area (Å²) in [5.74, 6) is 0. The van der Waals surface area contributed by atoms with Crippen molar-refractivity contribution in [2.75, 3.05) is 0 Å². The third-order valence-electron chi connectivity index (χ3n) is 1.16. The minimum Gasteiger partial charge on any atom is -0.171 e. The largest absolute Gasteiger partial charge is 0.171 e. The number of hydrogen-bond donors (Lipinski definition) is 1. The Morgan fingerprint density at radius 3 is 2.56 bits per heavy atom. The van der Waals surface area contributed by atoms with Crippen molar-refractivity contribution in [2.45, 2.75) is 19.1 Å². The first-order valence-corrected chi connectivity index (χ1v) is 4.33. The lowest BCUT2D eigenvalue weighted by molar-refractivity contribution is 1.15. The van der Waals surface area contributed by atoms with Crippen LogP contribution in [0, 0.1) is 6.92 Å². The van der Waals surface area contributed by atoms with Crippen molar-refractivity contribution in [1.82, 2.24) is 0 Å². The van der Waals surface area contributed by atoms with E-state index in [0.717, 1.165) is 0 Å². The van der Waals surface area contributed by atoms with Crippen LogP contribution in [-0.4, -0.2) is 0 Å². The van der Waals surface area contributed by atoms with E-state index < -0.39 is 0 Å². The van der Waals surface area contributed by atoms with E-state index in [1.165, 1.54) is 10.4 Å². The lowest BCUT2D eigenvalue weighted by atomic mass is 10.3. The predicted molar refractivity (Wildman–Crippen MR) is 46.5 cm³/mol. The van der Waals surface area contributed by atoms with Gasteiger partial charge >= 0.3 is 0 Å². The molecule has 0 radical (unpaired) electrons. The van der Waals surface area contributed by atoms with Crippen molar-refractivity contribution in [1.29, 1.82) is 0 Å². The lowest BCUT2D eigenvalue weighted by Crippen LogP contribution is -1.73. The molecule has 1 aromatic heterocycles. The van der Waals surface area contributed by atoms with Crippen LogP contribution in [0.3, 0.4) is 0 Å². The number of rotatable bonds is 1. The van der Waals surface area contributed by atoms with Gasteiger partial charge in [-0.1, -0.05) is 0 Å². The highest BCUT2D eigenvalue weighted by Crippen LogP contribution is 2.25. The standard InChI is InChI=1S/C7H10S2/c1-5-3-7(6(2)8)9-4-5/h3-4,6,8H,1-2H3. The van der Waals surface area contributed by atoms with Gasteiger partial charge in [0, 0.05) is 10.1 Å². The van der Waals surface area contributed by atoms with Crippen LogP contribution in [-0.2, 0) is 0 Å². The maximum Gasteiger partial charge on any atom is 0.0332 e. The van der Waals surface area contributed by atoms with Crippen molar-refractivity contribution >= 4 is 24.0 Å². The van der Waals surface area contributed by atoms with Gasteiger partial charge in [-0.15, -0.1) is 11.3 Å². The first kappa shape index (κ1) is 7.16. The summed E-state index contributed by atoms with van der Waals surface area (Å²) < 4.78 is 0. The molecule has 2 heteroatoms. The maximum atomic E-state index is 4.31. The first-order chi connectivity index (χ1) is 4.20. The molecule has 0 aliphatic rings. The van der Waals surface area contributed by atoms with Crippen molar-refractivity contribution in [3.63, 3.8) is 0 Å². The van der Waals surface area contributed by atoms with E-state index in [-0.39, 0.29) is 0 Å². The summed E-state index contributed by atoms with van der Waals surface area (Å²) in [6.45, 7) is 4.20. The Balaban J connectivity index is 2.85.